The number of aliphatic hydroxyl groups excluding tert-OH is 4. The summed E-state index contributed by atoms with van der Waals surface area (Å²) in [7, 11) is 4.00. The molecule has 0 heterocycles. The summed E-state index contributed by atoms with van der Waals surface area (Å²) in [6.45, 7) is 16.2. The lowest BCUT2D eigenvalue weighted by molar-refractivity contribution is 0.399. The first kappa shape index (κ1) is 58.9. The molecule has 0 unspecified atom stereocenters. The third-order valence-corrected chi connectivity index (χ3v) is 2.00. The lowest BCUT2D eigenvalue weighted by Gasteiger charge is -1.69. The zero-order valence-electron chi connectivity index (χ0n) is 24.9. The van der Waals surface area contributed by atoms with Crippen LogP contribution in [0.1, 0.15) is 69.2 Å². The minimum Gasteiger partial charge on any atom is -0.400 e. The van der Waals surface area contributed by atoms with Crippen LogP contribution < -0.4 is 0 Å². The van der Waals surface area contributed by atoms with Crippen LogP contribution in [0.25, 0.3) is 0 Å². The Bertz CT molecular complexity index is 323. The fourth-order valence-electron chi connectivity index (χ4n) is 1.15. The van der Waals surface area contributed by atoms with Crippen molar-refractivity contribution in [1.82, 2.24) is 0 Å². The van der Waals surface area contributed by atoms with Crippen LogP contribution in [-0.4, -0.2) is 48.9 Å². The van der Waals surface area contributed by atoms with Crippen molar-refractivity contribution < 1.29 is 20.4 Å². The fraction of sp³-hybridized carbons (Fsp3) is 0.438. The van der Waals surface area contributed by atoms with Crippen LogP contribution in [0.5, 0.6) is 0 Å². The van der Waals surface area contributed by atoms with E-state index in [1.54, 1.807) is 0 Å². The highest BCUT2D eigenvalue weighted by molar-refractivity contribution is 5.00. The van der Waals surface area contributed by atoms with Gasteiger partial charge in [-0.3, -0.25) is 0 Å². The maximum Gasteiger partial charge on any atom is 0.0319 e. The molecule has 0 atom stereocenters. The first-order valence-electron chi connectivity index (χ1n) is 12.2. The van der Waals surface area contributed by atoms with Crippen molar-refractivity contribution in [1.29, 1.82) is 0 Å². The van der Waals surface area contributed by atoms with Gasteiger partial charge < -0.3 is 20.4 Å². The molecule has 3 rings (SSSR count). The first-order valence-corrected chi connectivity index (χ1v) is 12.2. The molecule has 0 aromatic heterocycles. The van der Waals surface area contributed by atoms with Crippen molar-refractivity contribution in [2.45, 2.75) is 69.2 Å². The molecule has 0 radical (unpaired) electrons. The predicted octanol–water partition coefficient (Wildman–Crippen LogP) is 8.62. The Kier molecular flexibility index (Phi) is 194. The van der Waals surface area contributed by atoms with Crippen LogP contribution in [0.15, 0.2) is 109 Å². The van der Waals surface area contributed by atoms with E-state index >= 15 is 0 Å². The van der Waals surface area contributed by atoms with E-state index in [1.165, 1.54) is 6.42 Å². The topological polar surface area (TPSA) is 80.9 Å². The minimum atomic E-state index is 0. The molecule has 3 aromatic carbocycles. The van der Waals surface area contributed by atoms with E-state index in [2.05, 4.69) is 13.8 Å². The highest BCUT2D eigenvalue weighted by Gasteiger charge is 1.59. The average Bonchev–Trinajstić information content (AvgIpc) is 3.04. The summed E-state index contributed by atoms with van der Waals surface area (Å²) in [6.07, 6.45) is 1.25. The third-order valence-electron chi connectivity index (χ3n) is 2.00. The van der Waals surface area contributed by atoms with Crippen LogP contribution in [0.3, 0.4) is 0 Å². The van der Waals surface area contributed by atoms with Gasteiger partial charge in [-0.05, 0) is 0 Å². The smallest absolute Gasteiger partial charge is 0.0319 e. The van der Waals surface area contributed by atoms with E-state index in [1.807, 2.05) is 151 Å². The fourth-order valence-corrected chi connectivity index (χ4v) is 1.15. The van der Waals surface area contributed by atoms with E-state index < -0.39 is 0 Å². The zero-order valence-corrected chi connectivity index (χ0v) is 24.9. The second kappa shape index (κ2) is 118. The average molecular weight is 513 g/mol. The van der Waals surface area contributed by atoms with Crippen molar-refractivity contribution in [2.75, 3.05) is 28.4 Å². The molecule has 0 aliphatic heterocycles. The van der Waals surface area contributed by atoms with Crippen molar-refractivity contribution in [3.05, 3.63) is 109 Å². The summed E-state index contributed by atoms with van der Waals surface area (Å²) in [5.41, 5.74) is 0. The van der Waals surface area contributed by atoms with Gasteiger partial charge in [-0.15, -0.1) is 0 Å². The van der Waals surface area contributed by atoms with E-state index in [4.69, 9.17) is 20.4 Å². The Morgan fingerprint density at radius 1 is 0.278 bits per heavy atom. The van der Waals surface area contributed by atoms with Gasteiger partial charge in [0.25, 0.3) is 0 Å². The number of hydrogen-bond acceptors (Lipinski definition) is 4. The quantitative estimate of drug-likeness (QED) is 0.243. The standard InChI is InChI=1S/3C6H6.C3H8.3C2H6.4CH4O.CH4/c3*1-2-4-6-5-3-1;1-3-2;7*1-2;/h3*1-6H;3H2,1-2H3;3*1-2H3;4*2H,1H3;1H4. The maximum atomic E-state index is 7.00. The molecule has 216 valence electrons. The van der Waals surface area contributed by atoms with Crippen molar-refractivity contribution in [3.63, 3.8) is 0 Å². The minimum absolute atomic E-state index is 0. The Hall–Kier alpha value is -2.50. The molecule has 0 aliphatic carbocycles. The summed E-state index contributed by atoms with van der Waals surface area (Å²) in [5.74, 6) is 0. The van der Waals surface area contributed by atoms with Gasteiger partial charge in [0.15, 0.2) is 0 Å². The molecule has 0 saturated carbocycles. The number of rotatable bonds is 0. The van der Waals surface area contributed by atoms with Crippen LogP contribution in [0, 0.1) is 0 Å². The summed E-state index contributed by atoms with van der Waals surface area (Å²) < 4.78 is 0. The van der Waals surface area contributed by atoms with Gasteiger partial charge in [-0.2, -0.15) is 0 Å². The molecule has 0 saturated heterocycles. The van der Waals surface area contributed by atoms with E-state index in [0.29, 0.717) is 0 Å². The number of hydrogen-bond donors (Lipinski definition) is 4. The molecule has 4 N–H and O–H groups in total. The van der Waals surface area contributed by atoms with Crippen molar-refractivity contribution in [3.8, 4) is 0 Å². The van der Waals surface area contributed by atoms with Gasteiger partial charge in [-0.25, -0.2) is 0 Å². The summed E-state index contributed by atoms with van der Waals surface area (Å²) in [4.78, 5) is 0. The molecule has 36 heavy (non-hydrogen) atoms. The summed E-state index contributed by atoms with van der Waals surface area (Å²) in [6, 6.07) is 36.0. The molecule has 0 bridgehead atoms. The lowest BCUT2D eigenvalue weighted by atomic mass is 10.4. The van der Waals surface area contributed by atoms with Crippen molar-refractivity contribution >= 4 is 0 Å². The number of aliphatic hydroxyl groups is 4. The van der Waals surface area contributed by atoms with Crippen molar-refractivity contribution in [2.24, 2.45) is 0 Å². The van der Waals surface area contributed by atoms with Gasteiger partial charge in [0.05, 0.1) is 0 Å². The SMILES string of the molecule is C.CC.CC.CC.CCC.CO.CO.CO.CO.c1ccccc1.c1ccccc1.c1ccccc1. The molecule has 4 nitrogen and oxygen atoms in total. The Morgan fingerprint density at radius 3 is 0.333 bits per heavy atom. The van der Waals surface area contributed by atoms with Gasteiger partial charge in [0, 0.05) is 28.4 Å². The van der Waals surface area contributed by atoms with Crippen LogP contribution >= 0.6 is 0 Å². The van der Waals surface area contributed by atoms with Gasteiger partial charge in [0.2, 0.25) is 0 Å². The maximum absolute atomic E-state index is 7.00. The molecule has 0 spiro atoms. The Balaban J connectivity index is -0.0000000334. The molecule has 4 heteroatoms. The van der Waals surface area contributed by atoms with E-state index in [-0.39, 0.29) is 7.43 Å². The van der Waals surface area contributed by atoms with Crippen LogP contribution in [0.4, 0.5) is 0 Å². The highest BCUT2D eigenvalue weighted by Crippen LogP contribution is 1.81. The number of benzene rings is 3. The molecule has 3 aromatic rings. The van der Waals surface area contributed by atoms with Gasteiger partial charge >= 0.3 is 0 Å². The van der Waals surface area contributed by atoms with E-state index in [9.17, 15) is 0 Å². The Labute approximate surface area is 227 Å². The van der Waals surface area contributed by atoms with E-state index in [0.717, 1.165) is 28.4 Å². The molecule has 0 amide bonds. The lowest BCUT2D eigenvalue weighted by Crippen LogP contribution is -1.47. The second-order valence-corrected chi connectivity index (χ2v) is 4.17. The summed E-state index contributed by atoms with van der Waals surface area (Å²) >= 11 is 0. The zero-order chi connectivity index (χ0) is 29.4. The monoisotopic (exact) mass is 512 g/mol. The molecule has 0 fully saturated rings. The normalized spacial score (nSPS) is 5.67. The second-order valence-electron chi connectivity index (χ2n) is 4.17. The molecule has 0 aliphatic rings. The highest BCUT2D eigenvalue weighted by atomic mass is 16.2. The third kappa shape index (κ3) is 122. The molecular weight excluding hydrogens is 448 g/mol. The van der Waals surface area contributed by atoms with Gasteiger partial charge in [-0.1, -0.05) is 178 Å². The molecular formula is C32H64O4. The van der Waals surface area contributed by atoms with Crippen LogP contribution in [-0.2, 0) is 0 Å². The largest absolute Gasteiger partial charge is 0.400 e. The summed E-state index contributed by atoms with van der Waals surface area (Å²) in [5, 5.41) is 28.0. The first-order chi connectivity index (χ1) is 17.4. The van der Waals surface area contributed by atoms with Crippen LogP contribution in [0.2, 0.25) is 0 Å². The predicted molar refractivity (Wildman–Crippen MR) is 169 cm³/mol. The van der Waals surface area contributed by atoms with Gasteiger partial charge in [0.1, 0.15) is 0 Å². The Morgan fingerprint density at radius 2 is 0.306 bits per heavy atom.